The lowest BCUT2D eigenvalue weighted by atomic mass is 10.1. The van der Waals surface area contributed by atoms with Crippen LogP contribution in [0, 0.1) is 0 Å². The number of carbonyl (C=O) groups is 1. The van der Waals surface area contributed by atoms with E-state index < -0.39 is 29.4 Å². The summed E-state index contributed by atoms with van der Waals surface area (Å²) >= 11 is 5.96. The summed E-state index contributed by atoms with van der Waals surface area (Å²) in [5, 5.41) is 4.46. The molecule has 2 N–H and O–H groups in total. The number of nitrogens with zero attached hydrogens (tertiary/aromatic N) is 4. The van der Waals surface area contributed by atoms with Crippen LogP contribution in [0.4, 0.5) is 26.3 Å². The highest BCUT2D eigenvalue weighted by molar-refractivity contribution is 6.31. The fourth-order valence-corrected chi connectivity index (χ4v) is 3.48. The molecule has 0 saturated carbocycles. The van der Waals surface area contributed by atoms with E-state index in [1.165, 1.54) is 24.7 Å². The zero-order valence-corrected chi connectivity index (χ0v) is 19.1. The molecule has 190 valence electrons. The standard InChI is InChI=1S/C24H14ClF6N5O/c25-18-9-15(10-33-11-18)19(20(32)37)12-36-22(14-3-7-17(8-4-14)24(29,30)31)34-21(35-36)13-1-5-16(6-2-13)23(26,27)28/h1-12H,(H2,32,37). The Kier molecular flexibility index (Phi) is 6.78. The first-order valence-corrected chi connectivity index (χ1v) is 10.6. The fourth-order valence-electron chi connectivity index (χ4n) is 3.31. The van der Waals surface area contributed by atoms with Gasteiger partial charge in [0, 0.05) is 35.3 Å². The van der Waals surface area contributed by atoms with Gasteiger partial charge in [0.25, 0.3) is 5.91 Å². The number of pyridine rings is 1. The van der Waals surface area contributed by atoms with E-state index in [-0.39, 0.29) is 38.9 Å². The lowest BCUT2D eigenvalue weighted by Gasteiger charge is -2.08. The molecule has 0 bridgehead atoms. The number of hydrogen-bond donors (Lipinski definition) is 1. The van der Waals surface area contributed by atoms with Crippen molar-refractivity contribution in [2.24, 2.45) is 5.73 Å². The first-order chi connectivity index (χ1) is 17.3. The number of alkyl halides is 6. The first kappa shape index (κ1) is 25.9. The summed E-state index contributed by atoms with van der Waals surface area (Å²) in [7, 11) is 0. The summed E-state index contributed by atoms with van der Waals surface area (Å²) in [5.41, 5.74) is 4.24. The lowest BCUT2D eigenvalue weighted by Crippen LogP contribution is -2.14. The third-order valence-electron chi connectivity index (χ3n) is 5.10. The van der Waals surface area contributed by atoms with Crippen molar-refractivity contribution in [3.05, 3.63) is 88.7 Å². The molecule has 13 heteroatoms. The molecule has 0 saturated heterocycles. The van der Waals surface area contributed by atoms with Gasteiger partial charge in [-0.25, -0.2) is 9.67 Å². The van der Waals surface area contributed by atoms with Crippen LogP contribution in [0.15, 0.2) is 67.0 Å². The quantitative estimate of drug-likeness (QED) is 0.243. The molecule has 4 rings (SSSR count). The topological polar surface area (TPSA) is 86.7 Å². The number of carbonyl (C=O) groups excluding carboxylic acids is 1. The largest absolute Gasteiger partial charge is 0.416 e. The van der Waals surface area contributed by atoms with Gasteiger partial charge in [-0.1, -0.05) is 35.9 Å². The normalized spacial score (nSPS) is 12.6. The summed E-state index contributed by atoms with van der Waals surface area (Å²) in [4.78, 5) is 20.4. The van der Waals surface area contributed by atoms with Gasteiger partial charge < -0.3 is 5.73 Å². The maximum absolute atomic E-state index is 13.0. The number of rotatable bonds is 5. The van der Waals surface area contributed by atoms with E-state index in [4.69, 9.17) is 17.3 Å². The van der Waals surface area contributed by atoms with Crippen molar-refractivity contribution in [3.8, 4) is 22.8 Å². The highest BCUT2D eigenvalue weighted by Crippen LogP contribution is 2.33. The van der Waals surface area contributed by atoms with Gasteiger partial charge >= 0.3 is 12.4 Å². The molecule has 0 fully saturated rings. The summed E-state index contributed by atoms with van der Waals surface area (Å²) in [6.45, 7) is 0. The van der Waals surface area contributed by atoms with Crippen LogP contribution in [0.2, 0.25) is 5.02 Å². The van der Waals surface area contributed by atoms with Crippen LogP contribution >= 0.6 is 11.6 Å². The number of benzene rings is 2. The first-order valence-electron chi connectivity index (χ1n) is 10.3. The van der Waals surface area contributed by atoms with E-state index in [1.807, 2.05) is 0 Å². The highest BCUT2D eigenvalue weighted by atomic mass is 35.5. The van der Waals surface area contributed by atoms with Crippen LogP contribution in [-0.2, 0) is 17.1 Å². The van der Waals surface area contributed by atoms with Gasteiger partial charge in [0.1, 0.15) is 0 Å². The third kappa shape index (κ3) is 5.80. The van der Waals surface area contributed by atoms with Gasteiger partial charge in [-0.3, -0.25) is 9.78 Å². The van der Waals surface area contributed by atoms with Crippen molar-refractivity contribution in [1.29, 1.82) is 0 Å². The average molecular weight is 538 g/mol. The van der Waals surface area contributed by atoms with Crippen LogP contribution in [0.25, 0.3) is 34.5 Å². The molecule has 0 aliphatic carbocycles. The molecule has 6 nitrogen and oxygen atoms in total. The average Bonchev–Trinajstić information content (AvgIpc) is 3.25. The molecule has 0 unspecified atom stereocenters. The van der Waals surface area contributed by atoms with Crippen LogP contribution in [-0.4, -0.2) is 25.7 Å². The summed E-state index contributed by atoms with van der Waals surface area (Å²) in [5.74, 6) is -0.945. The third-order valence-corrected chi connectivity index (χ3v) is 5.31. The Hall–Kier alpha value is -4.19. The predicted octanol–water partition coefficient (Wildman–Crippen LogP) is 6.18. The molecular formula is C24H14ClF6N5O. The second-order valence-corrected chi connectivity index (χ2v) is 8.09. The zero-order valence-electron chi connectivity index (χ0n) is 18.3. The Labute approximate surface area is 210 Å². The van der Waals surface area contributed by atoms with E-state index in [0.29, 0.717) is 0 Å². The molecule has 0 aliphatic rings. The van der Waals surface area contributed by atoms with E-state index >= 15 is 0 Å². The number of halogens is 7. The summed E-state index contributed by atoms with van der Waals surface area (Å²) < 4.78 is 79.1. The van der Waals surface area contributed by atoms with Crippen molar-refractivity contribution < 1.29 is 31.1 Å². The van der Waals surface area contributed by atoms with E-state index in [9.17, 15) is 31.1 Å². The number of primary amides is 1. The van der Waals surface area contributed by atoms with Gasteiger partial charge in [0.15, 0.2) is 11.6 Å². The SMILES string of the molecule is NC(=O)C(=Cn1nc(-c2ccc(C(F)(F)F)cc2)nc1-c1ccc(C(F)(F)F)cc1)c1cncc(Cl)c1. The minimum absolute atomic E-state index is 0.00244. The number of aromatic nitrogens is 4. The summed E-state index contributed by atoms with van der Waals surface area (Å²) in [6, 6.07) is 9.38. The summed E-state index contributed by atoms with van der Waals surface area (Å²) in [6.07, 6.45) is -5.30. The molecule has 0 spiro atoms. The van der Waals surface area contributed by atoms with Crippen molar-refractivity contribution in [1.82, 2.24) is 19.7 Å². The van der Waals surface area contributed by atoms with E-state index in [2.05, 4.69) is 15.1 Å². The van der Waals surface area contributed by atoms with Gasteiger partial charge in [-0.2, -0.15) is 26.3 Å². The molecule has 2 aromatic heterocycles. The Bertz CT molecular complexity index is 1480. The number of hydrogen-bond acceptors (Lipinski definition) is 4. The van der Waals surface area contributed by atoms with Gasteiger partial charge in [0.05, 0.1) is 21.7 Å². The molecule has 37 heavy (non-hydrogen) atoms. The zero-order chi connectivity index (χ0) is 27.0. The van der Waals surface area contributed by atoms with Crippen molar-refractivity contribution >= 4 is 29.3 Å². The van der Waals surface area contributed by atoms with Gasteiger partial charge in [-0.15, -0.1) is 5.10 Å². The molecule has 0 radical (unpaired) electrons. The maximum atomic E-state index is 13.0. The van der Waals surface area contributed by atoms with Crippen LogP contribution in [0.3, 0.4) is 0 Å². The van der Waals surface area contributed by atoms with Crippen LogP contribution < -0.4 is 5.73 Å². The Balaban J connectivity index is 1.87. The number of amides is 1. The fraction of sp³-hybridized carbons (Fsp3) is 0.0833. The van der Waals surface area contributed by atoms with Crippen molar-refractivity contribution in [2.45, 2.75) is 12.4 Å². The Morgan fingerprint density at radius 3 is 1.89 bits per heavy atom. The van der Waals surface area contributed by atoms with Crippen molar-refractivity contribution in [3.63, 3.8) is 0 Å². The predicted molar refractivity (Wildman–Crippen MR) is 124 cm³/mol. The molecule has 0 atom stereocenters. The Morgan fingerprint density at radius 1 is 0.865 bits per heavy atom. The molecule has 0 aliphatic heterocycles. The Morgan fingerprint density at radius 2 is 1.41 bits per heavy atom. The second kappa shape index (κ2) is 9.69. The lowest BCUT2D eigenvalue weighted by molar-refractivity contribution is -0.138. The minimum Gasteiger partial charge on any atom is -0.366 e. The molecule has 2 heterocycles. The molecular weight excluding hydrogens is 524 g/mol. The highest BCUT2D eigenvalue weighted by Gasteiger charge is 2.31. The number of nitrogens with two attached hydrogens (primary N) is 1. The van der Waals surface area contributed by atoms with E-state index in [1.54, 1.807) is 0 Å². The van der Waals surface area contributed by atoms with Crippen LogP contribution in [0.5, 0.6) is 0 Å². The monoisotopic (exact) mass is 537 g/mol. The second-order valence-electron chi connectivity index (χ2n) is 7.65. The molecule has 4 aromatic rings. The van der Waals surface area contributed by atoms with E-state index in [0.717, 1.165) is 53.2 Å². The smallest absolute Gasteiger partial charge is 0.366 e. The van der Waals surface area contributed by atoms with Crippen LogP contribution in [0.1, 0.15) is 16.7 Å². The molecule has 2 aromatic carbocycles. The van der Waals surface area contributed by atoms with Gasteiger partial charge in [0.2, 0.25) is 0 Å². The molecule has 1 amide bonds. The van der Waals surface area contributed by atoms with Gasteiger partial charge in [-0.05, 0) is 30.3 Å². The maximum Gasteiger partial charge on any atom is 0.416 e. The minimum atomic E-state index is -4.57. The van der Waals surface area contributed by atoms with Crippen molar-refractivity contribution in [2.75, 3.05) is 0 Å².